The minimum atomic E-state index is 0.579. The molecule has 82 valence electrons. The summed E-state index contributed by atoms with van der Waals surface area (Å²) in [5.74, 6) is 0.888. The Morgan fingerprint density at radius 1 is 1.43 bits per heavy atom. The number of hydrogen-bond acceptors (Lipinski definition) is 2. The van der Waals surface area contributed by atoms with Crippen LogP contribution in [0.2, 0.25) is 0 Å². The molecule has 1 aliphatic heterocycles. The van der Waals surface area contributed by atoms with Crippen molar-refractivity contribution in [1.29, 1.82) is 0 Å². The van der Waals surface area contributed by atoms with E-state index in [1.54, 1.807) is 0 Å². The topological polar surface area (TPSA) is 29.3 Å². The Balaban J connectivity index is 1.92. The standard InChI is InChI=1S/C12H24N2/c1-10-9-14(11(2)8-13)7-6-12(10)4-3-5-12/h10-11H,3-9,13H2,1-2H3. The lowest BCUT2D eigenvalue weighted by Crippen LogP contribution is -2.53. The van der Waals surface area contributed by atoms with Crippen molar-refractivity contribution in [2.75, 3.05) is 19.6 Å². The SMILES string of the molecule is CC(CN)N1CCC2(CCC2)C(C)C1. The summed E-state index contributed by atoms with van der Waals surface area (Å²) in [6.45, 7) is 8.06. The average molecular weight is 196 g/mol. The van der Waals surface area contributed by atoms with Crippen LogP contribution in [0, 0.1) is 11.3 Å². The fourth-order valence-electron chi connectivity index (χ4n) is 3.17. The van der Waals surface area contributed by atoms with E-state index >= 15 is 0 Å². The van der Waals surface area contributed by atoms with E-state index in [9.17, 15) is 0 Å². The second-order valence-corrected chi connectivity index (χ2v) is 5.45. The Bertz CT molecular complexity index is 198. The summed E-state index contributed by atoms with van der Waals surface area (Å²) >= 11 is 0. The number of nitrogens with zero attached hydrogens (tertiary/aromatic N) is 1. The second-order valence-electron chi connectivity index (χ2n) is 5.45. The number of piperidine rings is 1. The molecule has 0 radical (unpaired) electrons. The van der Waals surface area contributed by atoms with Crippen molar-refractivity contribution in [3.8, 4) is 0 Å². The van der Waals surface area contributed by atoms with Crippen LogP contribution in [0.4, 0.5) is 0 Å². The van der Waals surface area contributed by atoms with E-state index in [4.69, 9.17) is 5.73 Å². The van der Waals surface area contributed by atoms with E-state index in [0.29, 0.717) is 6.04 Å². The lowest BCUT2D eigenvalue weighted by atomic mass is 9.58. The molecule has 2 aliphatic rings. The molecule has 0 aromatic carbocycles. The second kappa shape index (κ2) is 3.82. The smallest absolute Gasteiger partial charge is 0.0190 e. The molecule has 2 fully saturated rings. The van der Waals surface area contributed by atoms with Crippen LogP contribution in [0.25, 0.3) is 0 Å². The van der Waals surface area contributed by atoms with Crippen LogP contribution >= 0.6 is 0 Å². The van der Waals surface area contributed by atoms with Gasteiger partial charge in [0.1, 0.15) is 0 Å². The first-order valence-corrected chi connectivity index (χ1v) is 6.12. The van der Waals surface area contributed by atoms with Crippen molar-refractivity contribution in [3.05, 3.63) is 0 Å². The predicted octanol–water partition coefficient (Wildman–Crippen LogP) is 1.85. The van der Waals surface area contributed by atoms with Crippen LogP contribution in [-0.4, -0.2) is 30.6 Å². The van der Waals surface area contributed by atoms with E-state index < -0.39 is 0 Å². The van der Waals surface area contributed by atoms with Crippen LogP contribution in [0.1, 0.15) is 39.5 Å². The molecule has 2 heteroatoms. The van der Waals surface area contributed by atoms with E-state index in [1.807, 2.05) is 0 Å². The maximum atomic E-state index is 5.72. The van der Waals surface area contributed by atoms with Crippen molar-refractivity contribution < 1.29 is 0 Å². The molecule has 0 aromatic heterocycles. The van der Waals surface area contributed by atoms with Crippen molar-refractivity contribution in [2.24, 2.45) is 17.1 Å². The Labute approximate surface area is 87.8 Å². The van der Waals surface area contributed by atoms with Gasteiger partial charge in [-0.15, -0.1) is 0 Å². The Hall–Kier alpha value is -0.0800. The van der Waals surface area contributed by atoms with Crippen LogP contribution in [0.15, 0.2) is 0 Å². The fraction of sp³-hybridized carbons (Fsp3) is 1.00. The molecule has 1 saturated heterocycles. The summed E-state index contributed by atoms with van der Waals surface area (Å²) in [5.41, 5.74) is 6.46. The van der Waals surface area contributed by atoms with Crippen LogP contribution in [0.5, 0.6) is 0 Å². The molecule has 2 N–H and O–H groups in total. The Morgan fingerprint density at radius 3 is 2.57 bits per heavy atom. The van der Waals surface area contributed by atoms with Crippen molar-refractivity contribution in [1.82, 2.24) is 4.90 Å². The van der Waals surface area contributed by atoms with Gasteiger partial charge >= 0.3 is 0 Å². The summed E-state index contributed by atoms with van der Waals surface area (Å²) < 4.78 is 0. The highest BCUT2D eigenvalue weighted by Crippen LogP contribution is 2.52. The van der Waals surface area contributed by atoms with Gasteiger partial charge in [-0.2, -0.15) is 0 Å². The Kier molecular flexibility index (Phi) is 2.85. The van der Waals surface area contributed by atoms with Gasteiger partial charge in [-0.1, -0.05) is 13.3 Å². The summed E-state index contributed by atoms with van der Waals surface area (Å²) in [6.07, 6.45) is 5.85. The monoisotopic (exact) mass is 196 g/mol. The maximum absolute atomic E-state index is 5.72. The third-order valence-electron chi connectivity index (χ3n) is 4.76. The molecule has 1 heterocycles. The highest BCUT2D eigenvalue weighted by atomic mass is 15.2. The quantitative estimate of drug-likeness (QED) is 0.730. The van der Waals surface area contributed by atoms with Gasteiger partial charge in [0.2, 0.25) is 0 Å². The zero-order valence-corrected chi connectivity index (χ0v) is 9.63. The summed E-state index contributed by atoms with van der Waals surface area (Å²) in [5, 5.41) is 0. The maximum Gasteiger partial charge on any atom is 0.0190 e. The van der Waals surface area contributed by atoms with Crippen LogP contribution < -0.4 is 5.73 Å². The van der Waals surface area contributed by atoms with Crippen LogP contribution in [-0.2, 0) is 0 Å². The van der Waals surface area contributed by atoms with Crippen molar-refractivity contribution in [3.63, 3.8) is 0 Å². The third-order valence-corrected chi connectivity index (χ3v) is 4.76. The minimum Gasteiger partial charge on any atom is -0.329 e. The summed E-state index contributed by atoms with van der Waals surface area (Å²) in [6, 6.07) is 0.579. The molecule has 0 amide bonds. The first-order chi connectivity index (χ1) is 6.68. The zero-order chi connectivity index (χ0) is 10.2. The van der Waals surface area contributed by atoms with Crippen LogP contribution in [0.3, 0.4) is 0 Å². The van der Waals surface area contributed by atoms with Crippen molar-refractivity contribution in [2.45, 2.75) is 45.6 Å². The van der Waals surface area contributed by atoms with Gasteiger partial charge in [-0.3, -0.25) is 4.90 Å². The molecule has 1 aliphatic carbocycles. The number of rotatable bonds is 2. The van der Waals surface area contributed by atoms with E-state index in [-0.39, 0.29) is 0 Å². The molecule has 14 heavy (non-hydrogen) atoms. The number of nitrogens with two attached hydrogens (primary N) is 1. The highest BCUT2D eigenvalue weighted by molar-refractivity contribution is 4.97. The molecule has 0 aromatic rings. The molecular formula is C12H24N2. The molecule has 2 atom stereocenters. The molecule has 2 nitrogen and oxygen atoms in total. The third kappa shape index (κ3) is 1.59. The van der Waals surface area contributed by atoms with Gasteiger partial charge in [-0.05, 0) is 44.1 Å². The number of hydrogen-bond donors (Lipinski definition) is 1. The predicted molar refractivity (Wildman–Crippen MR) is 60.2 cm³/mol. The molecule has 1 spiro atoms. The summed E-state index contributed by atoms with van der Waals surface area (Å²) in [7, 11) is 0. The van der Waals surface area contributed by atoms with Gasteiger partial charge in [0, 0.05) is 19.1 Å². The summed E-state index contributed by atoms with van der Waals surface area (Å²) in [4.78, 5) is 2.58. The molecule has 0 bridgehead atoms. The van der Waals surface area contributed by atoms with Gasteiger partial charge in [0.15, 0.2) is 0 Å². The van der Waals surface area contributed by atoms with Gasteiger partial charge in [-0.25, -0.2) is 0 Å². The largest absolute Gasteiger partial charge is 0.329 e. The molecule has 2 unspecified atom stereocenters. The average Bonchev–Trinajstić information content (AvgIpc) is 2.14. The lowest BCUT2D eigenvalue weighted by molar-refractivity contribution is -0.0313. The first kappa shape index (κ1) is 10.4. The fourth-order valence-corrected chi connectivity index (χ4v) is 3.17. The lowest BCUT2D eigenvalue weighted by Gasteiger charge is -2.53. The zero-order valence-electron chi connectivity index (χ0n) is 9.63. The van der Waals surface area contributed by atoms with E-state index in [1.165, 1.54) is 38.8 Å². The Morgan fingerprint density at radius 2 is 2.14 bits per heavy atom. The number of likely N-dealkylation sites (tertiary alicyclic amines) is 1. The van der Waals surface area contributed by atoms with E-state index in [2.05, 4.69) is 18.7 Å². The molecule has 2 rings (SSSR count). The van der Waals surface area contributed by atoms with Gasteiger partial charge in [0.05, 0.1) is 0 Å². The van der Waals surface area contributed by atoms with Gasteiger partial charge < -0.3 is 5.73 Å². The van der Waals surface area contributed by atoms with Crippen molar-refractivity contribution >= 4 is 0 Å². The molecular weight excluding hydrogens is 172 g/mol. The van der Waals surface area contributed by atoms with Gasteiger partial charge in [0.25, 0.3) is 0 Å². The minimum absolute atomic E-state index is 0.579. The molecule has 1 saturated carbocycles. The first-order valence-electron chi connectivity index (χ1n) is 6.12. The normalized spacial score (nSPS) is 34.1. The highest BCUT2D eigenvalue weighted by Gasteiger charge is 2.45. The van der Waals surface area contributed by atoms with E-state index in [0.717, 1.165) is 17.9 Å².